The number of aromatic nitrogens is 2. The Balaban J connectivity index is 1.08. The van der Waals surface area contributed by atoms with Gasteiger partial charge in [-0.25, -0.2) is 9.97 Å². The molecule has 0 fully saturated rings. The molecule has 0 unspecified atom stereocenters. The third-order valence-electron chi connectivity index (χ3n) is 8.76. The van der Waals surface area contributed by atoms with Gasteiger partial charge in [0.1, 0.15) is 11.0 Å². The van der Waals surface area contributed by atoms with Crippen LogP contribution in [0.5, 0.6) is 0 Å². The highest BCUT2D eigenvalue weighted by molar-refractivity contribution is 5.89. The molecule has 0 N–H and O–H groups in total. The van der Waals surface area contributed by atoms with Crippen molar-refractivity contribution < 1.29 is 8.83 Å². The van der Waals surface area contributed by atoms with Crippen LogP contribution in [-0.2, 0) is 0 Å². The summed E-state index contributed by atoms with van der Waals surface area (Å²) in [5.74, 6) is 1.18. The first-order chi connectivity index (χ1) is 24.2. The molecule has 0 bridgehead atoms. The van der Waals surface area contributed by atoms with Gasteiger partial charge in [0, 0.05) is 28.2 Å². The summed E-state index contributed by atoms with van der Waals surface area (Å²) in [7, 11) is 0. The molecule has 0 aliphatic rings. The first-order valence-corrected chi connectivity index (χ1v) is 16.0. The molecule has 0 saturated heterocycles. The summed E-state index contributed by atoms with van der Waals surface area (Å²) >= 11 is 0. The minimum absolute atomic E-state index is 0.588. The number of rotatable bonds is 6. The highest BCUT2D eigenvalue weighted by Gasteiger charge is 2.16. The van der Waals surface area contributed by atoms with E-state index in [1.54, 1.807) is 0 Å². The molecule has 0 atom stereocenters. The maximum absolute atomic E-state index is 9.28. The number of nitriles is 1. The number of hydrogen-bond donors (Lipinski definition) is 0. The van der Waals surface area contributed by atoms with E-state index in [1.165, 1.54) is 0 Å². The van der Waals surface area contributed by atoms with Gasteiger partial charge in [0.15, 0.2) is 11.2 Å². The van der Waals surface area contributed by atoms with Crippen LogP contribution in [0.1, 0.15) is 5.56 Å². The maximum Gasteiger partial charge on any atom is 0.227 e. The molecule has 9 rings (SSSR count). The third-order valence-corrected chi connectivity index (χ3v) is 8.76. The highest BCUT2D eigenvalue weighted by atomic mass is 16.4. The van der Waals surface area contributed by atoms with Gasteiger partial charge < -0.3 is 13.7 Å². The molecule has 0 saturated carbocycles. The number of nitrogens with zero attached hydrogens (tertiary/aromatic N) is 4. The van der Waals surface area contributed by atoms with Crippen molar-refractivity contribution in [1.29, 1.82) is 5.26 Å². The lowest BCUT2D eigenvalue weighted by atomic mass is 9.99. The second kappa shape index (κ2) is 11.7. The van der Waals surface area contributed by atoms with Gasteiger partial charge in [-0.1, -0.05) is 54.6 Å². The Kier molecular flexibility index (Phi) is 6.74. The van der Waals surface area contributed by atoms with Crippen LogP contribution in [0.2, 0.25) is 0 Å². The van der Waals surface area contributed by atoms with Crippen LogP contribution < -0.4 is 4.90 Å². The van der Waals surface area contributed by atoms with Crippen molar-refractivity contribution in [3.8, 4) is 40.1 Å². The fourth-order valence-corrected chi connectivity index (χ4v) is 6.24. The minimum atomic E-state index is 0.588. The predicted octanol–water partition coefficient (Wildman–Crippen LogP) is 11.5. The lowest BCUT2D eigenvalue weighted by molar-refractivity contribution is 0.619. The SMILES string of the molecule is N#Cc1ccc2cc(-c3ccc(N(c4ccc(-c5nc6ccccc6o5)cc4)c4ccc(-c5nc6ccccc6o5)cc4)cc3)ccc2c1. The van der Waals surface area contributed by atoms with Crippen LogP contribution in [0.15, 0.2) is 167 Å². The number of oxazole rings is 2. The van der Waals surface area contributed by atoms with Gasteiger partial charge in [0.05, 0.1) is 11.6 Å². The van der Waals surface area contributed by atoms with Crippen molar-refractivity contribution >= 4 is 50.0 Å². The smallest absolute Gasteiger partial charge is 0.227 e. The lowest BCUT2D eigenvalue weighted by Gasteiger charge is -2.26. The van der Waals surface area contributed by atoms with Gasteiger partial charge in [0.2, 0.25) is 11.8 Å². The Labute approximate surface area is 281 Å². The van der Waals surface area contributed by atoms with E-state index in [0.29, 0.717) is 17.3 Å². The lowest BCUT2D eigenvalue weighted by Crippen LogP contribution is -2.09. The molecule has 0 aliphatic heterocycles. The Morgan fingerprint density at radius 3 is 1.41 bits per heavy atom. The number of para-hydroxylation sites is 4. The zero-order chi connectivity index (χ0) is 32.7. The monoisotopic (exact) mass is 630 g/mol. The summed E-state index contributed by atoms with van der Waals surface area (Å²) in [5, 5.41) is 11.4. The van der Waals surface area contributed by atoms with E-state index in [0.717, 1.165) is 72.3 Å². The van der Waals surface area contributed by atoms with Gasteiger partial charge in [0.25, 0.3) is 0 Å². The molecule has 0 aliphatic carbocycles. The van der Waals surface area contributed by atoms with Gasteiger partial charge in [-0.2, -0.15) is 5.26 Å². The predicted molar refractivity (Wildman–Crippen MR) is 195 cm³/mol. The fraction of sp³-hybridized carbons (Fsp3) is 0. The minimum Gasteiger partial charge on any atom is -0.436 e. The Morgan fingerprint density at radius 1 is 0.449 bits per heavy atom. The van der Waals surface area contributed by atoms with E-state index in [4.69, 9.17) is 8.83 Å². The van der Waals surface area contributed by atoms with Crippen LogP contribution in [0.4, 0.5) is 17.1 Å². The van der Waals surface area contributed by atoms with Crippen molar-refractivity contribution in [3.05, 3.63) is 163 Å². The van der Waals surface area contributed by atoms with E-state index < -0.39 is 0 Å². The summed E-state index contributed by atoms with van der Waals surface area (Å²) < 4.78 is 12.1. The van der Waals surface area contributed by atoms with Crippen molar-refractivity contribution in [2.45, 2.75) is 0 Å². The number of benzene rings is 7. The Morgan fingerprint density at radius 2 is 0.898 bits per heavy atom. The molecule has 6 heteroatoms. The quantitative estimate of drug-likeness (QED) is 0.182. The fourth-order valence-electron chi connectivity index (χ4n) is 6.24. The van der Waals surface area contributed by atoms with Gasteiger partial charge in [-0.3, -0.25) is 0 Å². The van der Waals surface area contributed by atoms with E-state index in [1.807, 2.05) is 91.0 Å². The first-order valence-electron chi connectivity index (χ1n) is 16.0. The Bertz CT molecular complexity index is 2480. The summed E-state index contributed by atoms with van der Waals surface area (Å²) in [6.07, 6.45) is 0. The van der Waals surface area contributed by atoms with E-state index in [2.05, 4.69) is 87.7 Å². The van der Waals surface area contributed by atoms with E-state index in [-0.39, 0.29) is 0 Å². The number of fused-ring (bicyclic) bond motifs is 3. The second-order valence-corrected chi connectivity index (χ2v) is 11.8. The molecule has 0 spiro atoms. The van der Waals surface area contributed by atoms with E-state index >= 15 is 0 Å². The molecule has 2 heterocycles. The number of hydrogen-bond acceptors (Lipinski definition) is 6. The molecule has 9 aromatic rings. The van der Waals surface area contributed by atoms with Crippen molar-refractivity contribution in [1.82, 2.24) is 9.97 Å². The molecular formula is C43H26N4O2. The van der Waals surface area contributed by atoms with Crippen LogP contribution in [-0.4, -0.2) is 9.97 Å². The molecule has 6 nitrogen and oxygen atoms in total. The van der Waals surface area contributed by atoms with E-state index in [9.17, 15) is 5.26 Å². The standard InChI is InChI=1S/C43H26N4O2/c44-27-28-9-10-34-26-33(12-11-32(34)25-28)29-13-19-35(20-14-29)47(36-21-15-30(16-22-36)42-45-38-5-1-3-7-40(38)48-42)37-23-17-31(18-24-37)43-46-39-6-2-4-8-41(39)49-43/h1-26H. The summed E-state index contributed by atoms with van der Waals surface area (Å²) in [4.78, 5) is 11.6. The van der Waals surface area contributed by atoms with Crippen molar-refractivity contribution in [2.75, 3.05) is 4.90 Å². The number of anilines is 3. The molecule has 49 heavy (non-hydrogen) atoms. The molecule has 230 valence electrons. The normalized spacial score (nSPS) is 11.2. The van der Waals surface area contributed by atoms with Crippen LogP contribution >= 0.6 is 0 Å². The largest absolute Gasteiger partial charge is 0.436 e. The molecule has 0 radical (unpaired) electrons. The van der Waals surface area contributed by atoms with Crippen molar-refractivity contribution in [2.24, 2.45) is 0 Å². The molecular weight excluding hydrogens is 604 g/mol. The van der Waals surface area contributed by atoms with Gasteiger partial charge in [-0.05, 0) is 125 Å². The van der Waals surface area contributed by atoms with Gasteiger partial charge in [-0.15, -0.1) is 0 Å². The van der Waals surface area contributed by atoms with Crippen LogP contribution in [0, 0.1) is 11.3 Å². The highest BCUT2D eigenvalue weighted by Crippen LogP contribution is 2.38. The average Bonchev–Trinajstić information content (AvgIpc) is 3.81. The zero-order valence-electron chi connectivity index (χ0n) is 26.1. The maximum atomic E-state index is 9.28. The second-order valence-electron chi connectivity index (χ2n) is 11.8. The molecule has 7 aromatic carbocycles. The summed E-state index contributed by atoms with van der Waals surface area (Å²) in [5.41, 5.74) is 10.9. The van der Waals surface area contributed by atoms with Crippen molar-refractivity contribution in [3.63, 3.8) is 0 Å². The average molecular weight is 631 g/mol. The topological polar surface area (TPSA) is 79.1 Å². The zero-order valence-corrected chi connectivity index (χ0v) is 26.1. The molecule has 2 aromatic heterocycles. The first kappa shape index (κ1) is 28.3. The summed E-state index contributed by atoms with van der Waals surface area (Å²) in [6.45, 7) is 0. The Hall–Kier alpha value is -6.97. The van der Waals surface area contributed by atoms with Crippen LogP contribution in [0.25, 0.3) is 67.0 Å². The van der Waals surface area contributed by atoms with Gasteiger partial charge >= 0.3 is 0 Å². The summed E-state index contributed by atoms with van der Waals surface area (Å²) in [6, 6.07) is 55.0. The third kappa shape index (κ3) is 5.26. The van der Waals surface area contributed by atoms with Crippen LogP contribution in [0.3, 0.4) is 0 Å². The molecule has 0 amide bonds.